The Labute approximate surface area is 116 Å². The third-order valence-corrected chi connectivity index (χ3v) is 4.25. The molecular formula is C15H26N4. The molecule has 0 aliphatic heterocycles. The van der Waals surface area contributed by atoms with Crippen molar-refractivity contribution in [2.24, 2.45) is 5.41 Å². The van der Waals surface area contributed by atoms with Gasteiger partial charge in [0, 0.05) is 25.1 Å². The molecule has 0 saturated heterocycles. The topological polar surface area (TPSA) is 49.8 Å². The molecule has 1 heterocycles. The van der Waals surface area contributed by atoms with Crippen LogP contribution >= 0.6 is 0 Å². The highest BCUT2D eigenvalue weighted by atomic mass is 15.1. The fourth-order valence-corrected chi connectivity index (χ4v) is 2.31. The molecule has 4 nitrogen and oxygen atoms in total. The summed E-state index contributed by atoms with van der Waals surface area (Å²) in [6.45, 7) is 9.64. The molecule has 1 aliphatic rings. The van der Waals surface area contributed by atoms with Gasteiger partial charge < -0.3 is 10.6 Å². The first-order valence-electron chi connectivity index (χ1n) is 7.31. The highest BCUT2D eigenvalue weighted by molar-refractivity contribution is 5.57. The molecule has 0 aromatic carbocycles. The Hall–Kier alpha value is -1.32. The maximum atomic E-state index is 4.68. The van der Waals surface area contributed by atoms with Crippen molar-refractivity contribution in [3.63, 3.8) is 0 Å². The van der Waals surface area contributed by atoms with Crippen molar-refractivity contribution < 1.29 is 0 Å². The van der Waals surface area contributed by atoms with Crippen LogP contribution in [0.3, 0.4) is 0 Å². The van der Waals surface area contributed by atoms with Crippen LogP contribution in [-0.4, -0.2) is 23.6 Å². The number of hydrogen-bond acceptors (Lipinski definition) is 4. The molecule has 2 rings (SSSR count). The standard InChI is InChI=1S/C15H26N4/c1-6-15(7-8-15)9-17-14-11(4)13(16-5)18-12(19-14)10(2)3/h10H,6-9H2,1-5H3,(H2,16,17,18,19). The molecule has 106 valence electrons. The van der Waals surface area contributed by atoms with Gasteiger partial charge in [-0.25, -0.2) is 9.97 Å². The molecule has 1 aliphatic carbocycles. The second-order valence-electron chi connectivity index (χ2n) is 6.02. The van der Waals surface area contributed by atoms with E-state index in [-0.39, 0.29) is 0 Å². The molecular weight excluding hydrogens is 236 g/mol. The minimum absolute atomic E-state index is 0.342. The Morgan fingerprint density at radius 2 is 1.84 bits per heavy atom. The zero-order valence-corrected chi connectivity index (χ0v) is 12.8. The van der Waals surface area contributed by atoms with E-state index >= 15 is 0 Å². The van der Waals surface area contributed by atoms with Gasteiger partial charge in [-0.05, 0) is 31.6 Å². The minimum Gasteiger partial charge on any atom is -0.373 e. The van der Waals surface area contributed by atoms with Crippen LogP contribution in [0.4, 0.5) is 11.6 Å². The Morgan fingerprint density at radius 1 is 1.21 bits per heavy atom. The fraction of sp³-hybridized carbons (Fsp3) is 0.733. The normalized spacial score (nSPS) is 16.5. The summed E-state index contributed by atoms with van der Waals surface area (Å²) in [5.74, 6) is 3.17. The SMILES string of the molecule is CCC1(CNc2nc(C(C)C)nc(NC)c2C)CC1. The molecule has 2 N–H and O–H groups in total. The maximum absolute atomic E-state index is 4.68. The van der Waals surface area contributed by atoms with Gasteiger partial charge in [-0.1, -0.05) is 20.8 Å². The largest absolute Gasteiger partial charge is 0.373 e. The average Bonchev–Trinajstić information content (AvgIpc) is 3.18. The van der Waals surface area contributed by atoms with E-state index in [0.29, 0.717) is 11.3 Å². The van der Waals surface area contributed by atoms with E-state index in [1.807, 2.05) is 7.05 Å². The van der Waals surface area contributed by atoms with Crippen LogP contribution in [0.5, 0.6) is 0 Å². The third kappa shape index (κ3) is 2.99. The molecule has 1 aromatic heterocycles. The zero-order valence-electron chi connectivity index (χ0n) is 12.8. The summed E-state index contributed by atoms with van der Waals surface area (Å²) in [5, 5.41) is 6.71. The molecule has 1 aromatic rings. The predicted octanol–water partition coefficient (Wildman–Crippen LogP) is 3.55. The van der Waals surface area contributed by atoms with E-state index in [4.69, 9.17) is 0 Å². The van der Waals surface area contributed by atoms with Crippen LogP contribution in [0.15, 0.2) is 0 Å². The molecule has 0 bridgehead atoms. The highest BCUT2D eigenvalue weighted by Gasteiger charge is 2.40. The molecule has 4 heteroatoms. The highest BCUT2D eigenvalue weighted by Crippen LogP contribution is 2.48. The van der Waals surface area contributed by atoms with Gasteiger partial charge in [-0.2, -0.15) is 0 Å². The Bertz CT molecular complexity index is 450. The van der Waals surface area contributed by atoms with E-state index in [0.717, 1.165) is 29.6 Å². The number of aromatic nitrogens is 2. The molecule has 0 amide bonds. The van der Waals surface area contributed by atoms with E-state index in [2.05, 4.69) is 48.3 Å². The second-order valence-corrected chi connectivity index (χ2v) is 6.02. The van der Waals surface area contributed by atoms with Gasteiger partial charge in [0.15, 0.2) is 0 Å². The average molecular weight is 262 g/mol. The Balaban J connectivity index is 2.20. The summed E-state index contributed by atoms with van der Waals surface area (Å²) in [6, 6.07) is 0. The van der Waals surface area contributed by atoms with Crippen LogP contribution in [0.25, 0.3) is 0 Å². The molecule has 0 unspecified atom stereocenters. The Morgan fingerprint density at radius 3 is 2.32 bits per heavy atom. The lowest BCUT2D eigenvalue weighted by molar-refractivity contribution is 0.520. The van der Waals surface area contributed by atoms with Crippen LogP contribution in [0.2, 0.25) is 0 Å². The van der Waals surface area contributed by atoms with Crippen molar-refractivity contribution in [3.8, 4) is 0 Å². The van der Waals surface area contributed by atoms with Crippen LogP contribution in [0, 0.1) is 12.3 Å². The number of nitrogens with one attached hydrogen (secondary N) is 2. The van der Waals surface area contributed by atoms with Gasteiger partial charge in [-0.3, -0.25) is 0 Å². The predicted molar refractivity (Wildman–Crippen MR) is 80.9 cm³/mol. The first kappa shape index (κ1) is 14.1. The molecule has 0 atom stereocenters. The molecule has 1 fully saturated rings. The summed E-state index contributed by atoms with van der Waals surface area (Å²) in [5.41, 5.74) is 1.63. The van der Waals surface area contributed by atoms with Gasteiger partial charge in [-0.15, -0.1) is 0 Å². The van der Waals surface area contributed by atoms with Gasteiger partial charge >= 0.3 is 0 Å². The maximum Gasteiger partial charge on any atom is 0.135 e. The van der Waals surface area contributed by atoms with Crippen molar-refractivity contribution in [1.82, 2.24) is 9.97 Å². The smallest absolute Gasteiger partial charge is 0.135 e. The van der Waals surface area contributed by atoms with E-state index < -0.39 is 0 Å². The lowest BCUT2D eigenvalue weighted by Crippen LogP contribution is -2.17. The van der Waals surface area contributed by atoms with Gasteiger partial charge in [0.25, 0.3) is 0 Å². The van der Waals surface area contributed by atoms with Gasteiger partial charge in [0.1, 0.15) is 17.5 Å². The summed E-state index contributed by atoms with van der Waals surface area (Å²) in [4.78, 5) is 9.25. The summed E-state index contributed by atoms with van der Waals surface area (Å²) in [7, 11) is 1.91. The molecule has 1 saturated carbocycles. The van der Waals surface area contributed by atoms with Crippen molar-refractivity contribution in [1.29, 1.82) is 0 Å². The lowest BCUT2D eigenvalue weighted by atomic mass is 10.0. The minimum atomic E-state index is 0.342. The van der Waals surface area contributed by atoms with E-state index in [9.17, 15) is 0 Å². The number of rotatable bonds is 6. The van der Waals surface area contributed by atoms with E-state index in [1.165, 1.54) is 19.3 Å². The molecule has 0 radical (unpaired) electrons. The van der Waals surface area contributed by atoms with Crippen LogP contribution in [0.1, 0.15) is 57.3 Å². The lowest BCUT2D eigenvalue weighted by Gasteiger charge is -2.18. The second kappa shape index (κ2) is 5.35. The Kier molecular flexibility index (Phi) is 3.97. The van der Waals surface area contributed by atoms with Crippen molar-refractivity contribution >= 4 is 11.6 Å². The van der Waals surface area contributed by atoms with Crippen molar-refractivity contribution in [3.05, 3.63) is 11.4 Å². The summed E-state index contributed by atoms with van der Waals surface area (Å²) in [6.07, 6.45) is 3.94. The summed E-state index contributed by atoms with van der Waals surface area (Å²) < 4.78 is 0. The first-order valence-corrected chi connectivity index (χ1v) is 7.31. The quantitative estimate of drug-likeness (QED) is 0.823. The van der Waals surface area contributed by atoms with Crippen molar-refractivity contribution in [2.75, 3.05) is 24.2 Å². The number of hydrogen-bond donors (Lipinski definition) is 2. The molecule has 0 spiro atoms. The van der Waals surface area contributed by atoms with Gasteiger partial charge in [0.2, 0.25) is 0 Å². The van der Waals surface area contributed by atoms with E-state index in [1.54, 1.807) is 0 Å². The monoisotopic (exact) mass is 262 g/mol. The number of nitrogens with zero attached hydrogens (tertiary/aromatic N) is 2. The number of anilines is 2. The zero-order chi connectivity index (χ0) is 14.0. The first-order chi connectivity index (χ1) is 9.01. The van der Waals surface area contributed by atoms with Crippen LogP contribution < -0.4 is 10.6 Å². The molecule has 19 heavy (non-hydrogen) atoms. The van der Waals surface area contributed by atoms with Crippen molar-refractivity contribution in [2.45, 2.75) is 52.9 Å². The fourth-order valence-electron chi connectivity index (χ4n) is 2.31. The summed E-state index contributed by atoms with van der Waals surface area (Å²) >= 11 is 0. The third-order valence-electron chi connectivity index (χ3n) is 4.25. The van der Waals surface area contributed by atoms with Gasteiger partial charge in [0.05, 0.1) is 0 Å². The van der Waals surface area contributed by atoms with Crippen LogP contribution in [-0.2, 0) is 0 Å².